The van der Waals surface area contributed by atoms with Crippen molar-refractivity contribution in [1.82, 2.24) is 14.7 Å². The fourth-order valence-corrected chi connectivity index (χ4v) is 4.70. The van der Waals surface area contributed by atoms with E-state index in [-0.39, 0.29) is 46.5 Å². The van der Waals surface area contributed by atoms with Crippen LogP contribution in [0.5, 0.6) is 0 Å². The van der Waals surface area contributed by atoms with Gasteiger partial charge in [0, 0.05) is 42.5 Å². The number of carbonyl (C=O) groups is 1. The van der Waals surface area contributed by atoms with Crippen LogP contribution < -0.4 is 5.73 Å². The zero-order valence-electron chi connectivity index (χ0n) is 21.1. The van der Waals surface area contributed by atoms with Gasteiger partial charge in [-0.15, -0.1) is 0 Å². The van der Waals surface area contributed by atoms with Crippen LogP contribution in [-0.2, 0) is 11.2 Å². The van der Waals surface area contributed by atoms with Crippen LogP contribution in [-0.4, -0.2) is 39.9 Å². The summed E-state index contributed by atoms with van der Waals surface area (Å²) in [5.41, 5.74) is 6.53. The van der Waals surface area contributed by atoms with Crippen molar-refractivity contribution in [3.63, 3.8) is 0 Å². The number of nitrogens with zero attached hydrogens (tertiary/aromatic N) is 4. The summed E-state index contributed by atoms with van der Waals surface area (Å²) in [5, 5.41) is 4.64. The number of hydrogen-bond acceptors (Lipinski definition) is 4. The number of aromatic nitrogens is 2. The Hall–Kier alpha value is -4.21. The first kappa shape index (κ1) is 26.8. The van der Waals surface area contributed by atoms with E-state index in [1.807, 2.05) is 0 Å². The number of carbonyl (C=O) groups excluding carboxylic acids is 1. The van der Waals surface area contributed by atoms with Crippen LogP contribution in [0.4, 0.5) is 23.4 Å². The molecule has 1 unspecified atom stereocenters. The number of hydrogen-bond donors (Lipinski definition) is 1. The lowest BCUT2D eigenvalue weighted by Gasteiger charge is -2.15. The second kappa shape index (κ2) is 10.6. The maximum atomic E-state index is 15.5. The highest BCUT2D eigenvalue weighted by atomic mass is 19.2. The van der Waals surface area contributed by atoms with Crippen LogP contribution in [0.15, 0.2) is 48.5 Å². The number of aryl methyl sites for hydroxylation is 1. The molecule has 1 atom stereocenters. The second-order valence-corrected chi connectivity index (χ2v) is 9.11. The van der Waals surface area contributed by atoms with Crippen LogP contribution in [0.2, 0.25) is 0 Å². The van der Waals surface area contributed by atoms with Gasteiger partial charge in [-0.1, -0.05) is 19.2 Å². The first-order chi connectivity index (χ1) is 18.1. The summed E-state index contributed by atoms with van der Waals surface area (Å²) in [5.74, 6) is -3.90. The van der Waals surface area contributed by atoms with Gasteiger partial charge in [0.1, 0.15) is 17.3 Å². The number of aliphatic imine (C=N–C) groups is 1. The van der Waals surface area contributed by atoms with Crippen LogP contribution >= 0.6 is 0 Å². The lowest BCUT2D eigenvalue weighted by Crippen LogP contribution is -2.27. The maximum Gasteiger partial charge on any atom is 0.246 e. The fourth-order valence-electron chi connectivity index (χ4n) is 4.70. The van der Waals surface area contributed by atoms with Crippen molar-refractivity contribution in [2.24, 2.45) is 10.7 Å². The van der Waals surface area contributed by atoms with Gasteiger partial charge in [-0.25, -0.2) is 27.2 Å². The molecule has 0 saturated carbocycles. The Labute approximate surface area is 217 Å². The Morgan fingerprint density at radius 1 is 1.21 bits per heavy atom. The first-order valence-corrected chi connectivity index (χ1v) is 12.0. The third kappa shape index (κ3) is 4.85. The van der Waals surface area contributed by atoms with Gasteiger partial charge in [0.05, 0.1) is 11.6 Å². The van der Waals surface area contributed by atoms with Crippen LogP contribution in [0.25, 0.3) is 17.0 Å². The lowest BCUT2D eigenvalue weighted by molar-refractivity contribution is -0.125. The molecule has 1 aromatic heterocycles. The van der Waals surface area contributed by atoms with E-state index in [0.717, 1.165) is 12.1 Å². The molecule has 6 nitrogen and oxygen atoms in total. The Kier molecular flexibility index (Phi) is 7.52. The molecule has 38 heavy (non-hydrogen) atoms. The Morgan fingerprint density at radius 3 is 2.58 bits per heavy atom. The highest BCUT2D eigenvalue weighted by Crippen LogP contribution is 2.39. The minimum absolute atomic E-state index is 0.0445. The molecule has 10 heteroatoms. The highest BCUT2D eigenvalue weighted by Gasteiger charge is 2.32. The molecule has 3 aromatic rings. The Balaban J connectivity index is 1.76. The summed E-state index contributed by atoms with van der Waals surface area (Å²) in [6, 6.07) is 4.58. The van der Waals surface area contributed by atoms with Gasteiger partial charge in [0.15, 0.2) is 17.5 Å². The predicted molar refractivity (Wildman–Crippen MR) is 139 cm³/mol. The number of amides is 1. The maximum absolute atomic E-state index is 15.5. The molecule has 1 aliphatic rings. The predicted octanol–water partition coefficient (Wildman–Crippen LogP) is 5.62. The summed E-state index contributed by atoms with van der Waals surface area (Å²) in [6.07, 6.45) is 3.04. The van der Waals surface area contributed by atoms with Crippen LogP contribution in [0.1, 0.15) is 41.6 Å². The summed E-state index contributed by atoms with van der Waals surface area (Å²) in [6.45, 7) is 11.2. The van der Waals surface area contributed by atoms with Gasteiger partial charge in [0.25, 0.3) is 0 Å². The van der Waals surface area contributed by atoms with Crippen molar-refractivity contribution < 1.29 is 22.4 Å². The van der Waals surface area contributed by atoms with Gasteiger partial charge in [-0.3, -0.25) is 4.79 Å². The van der Waals surface area contributed by atoms with E-state index in [2.05, 4.69) is 23.2 Å². The van der Waals surface area contributed by atoms with E-state index >= 15 is 4.39 Å². The second-order valence-electron chi connectivity index (χ2n) is 9.11. The molecule has 0 bridgehead atoms. The van der Waals surface area contributed by atoms with Crippen molar-refractivity contribution in [2.75, 3.05) is 13.1 Å². The molecule has 1 fully saturated rings. The average Bonchev–Trinajstić information content (AvgIpc) is 3.51. The zero-order valence-corrected chi connectivity index (χ0v) is 21.1. The number of benzene rings is 2. The number of nitrogens with two attached hydrogens (primary N) is 1. The van der Waals surface area contributed by atoms with Gasteiger partial charge < -0.3 is 10.6 Å². The summed E-state index contributed by atoms with van der Waals surface area (Å²) in [7, 11) is 0. The number of halogens is 4. The smallest absolute Gasteiger partial charge is 0.246 e. The molecular weight excluding hydrogens is 498 g/mol. The molecule has 1 aliphatic heterocycles. The van der Waals surface area contributed by atoms with Crippen molar-refractivity contribution in [3.8, 4) is 11.3 Å². The van der Waals surface area contributed by atoms with E-state index in [1.54, 1.807) is 22.7 Å². The molecule has 1 saturated heterocycles. The average molecular weight is 526 g/mol. The number of likely N-dealkylation sites (tertiary alicyclic amines) is 1. The highest BCUT2D eigenvalue weighted by molar-refractivity contribution is 5.87. The molecular formula is C28H27F4N5O. The van der Waals surface area contributed by atoms with Crippen molar-refractivity contribution >= 4 is 23.6 Å². The monoisotopic (exact) mass is 525 g/mol. The molecule has 2 heterocycles. The normalized spacial score (nSPS) is 15.4. The van der Waals surface area contributed by atoms with Gasteiger partial charge in [-0.05, 0) is 55.7 Å². The standard InChI is InChI=1S/C28H27F4N5O/c1-5-23(38)36-10-9-18(14-36)37-28(34-6-2)24(16(4)33)27(35-37)19-8-7-17(13-21(19)29)12-20-25(31)15(3)11-22(30)26(20)32/h5-8,11,13,18H,1,4,9-10,12,14,33H2,2-3H3/b34-6-. The first-order valence-electron chi connectivity index (χ1n) is 12.0. The van der Waals surface area contributed by atoms with E-state index in [0.29, 0.717) is 30.9 Å². The number of rotatable bonds is 7. The van der Waals surface area contributed by atoms with Gasteiger partial charge in [0.2, 0.25) is 5.91 Å². The van der Waals surface area contributed by atoms with E-state index in [4.69, 9.17) is 5.73 Å². The van der Waals surface area contributed by atoms with Crippen molar-refractivity contribution in [3.05, 3.63) is 89.0 Å². The largest absolute Gasteiger partial charge is 0.399 e. The molecule has 1 amide bonds. The van der Waals surface area contributed by atoms with Crippen molar-refractivity contribution in [1.29, 1.82) is 0 Å². The van der Waals surface area contributed by atoms with Crippen molar-refractivity contribution in [2.45, 2.75) is 32.7 Å². The minimum atomic E-state index is -1.30. The third-order valence-corrected chi connectivity index (χ3v) is 6.55. The van der Waals surface area contributed by atoms with Crippen LogP contribution in [0.3, 0.4) is 0 Å². The van der Waals surface area contributed by atoms with Gasteiger partial charge in [-0.2, -0.15) is 5.10 Å². The third-order valence-electron chi connectivity index (χ3n) is 6.55. The fraction of sp³-hybridized carbons (Fsp3) is 0.250. The molecule has 2 N–H and O–H groups in total. The minimum Gasteiger partial charge on any atom is -0.399 e. The molecule has 4 rings (SSSR count). The van der Waals surface area contributed by atoms with Gasteiger partial charge >= 0.3 is 0 Å². The zero-order chi connectivity index (χ0) is 27.7. The van der Waals surface area contributed by atoms with Crippen LogP contribution in [0, 0.1) is 30.2 Å². The molecule has 0 spiro atoms. The quantitative estimate of drug-likeness (QED) is 0.188. The summed E-state index contributed by atoms with van der Waals surface area (Å²) >= 11 is 0. The van der Waals surface area contributed by atoms with E-state index in [1.165, 1.54) is 25.1 Å². The lowest BCUT2D eigenvalue weighted by atomic mass is 9.98. The Bertz CT molecular complexity index is 1450. The SMILES string of the molecule is C=CC(=O)N1CCC(n2nc(-c3ccc(Cc4c(F)c(C)cc(F)c4F)cc3F)c(C(=C)N)c2/N=C\C)C1. The molecule has 198 valence electrons. The van der Waals surface area contributed by atoms with E-state index < -0.39 is 28.8 Å². The molecule has 2 aromatic carbocycles. The Morgan fingerprint density at radius 2 is 1.95 bits per heavy atom. The van der Waals surface area contributed by atoms with E-state index in [9.17, 15) is 18.0 Å². The topological polar surface area (TPSA) is 76.5 Å². The summed E-state index contributed by atoms with van der Waals surface area (Å²) < 4.78 is 59.7. The molecule has 0 aliphatic carbocycles. The summed E-state index contributed by atoms with van der Waals surface area (Å²) in [4.78, 5) is 18.1. The molecule has 0 radical (unpaired) electrons.